The van der Waals surface area contributed by atoms with E-state index in [4.69, 9.17) is 14.4 Å². The van der Waals surface area contributed by atoms with E-state index in [-0.39, 0.29) is 52.3 Å². The second kappa shape index (κ2) is 15.3. The van der Waals surface area contributed by atoms with Crippen molar-refractivity contribution in [2.75, 3.05) is 6.61 Å². The third-order valence-electron chi connectivity index (χ3n) is 15.5. The summed E-state index contributed by atoms with van der Waals surface area (Å²) in [6, 6.07) is 13.1. The number of halogens is 2. The van der Waals surface area contributed by atoms with Gasteiger partial charge in [0.2, 0.25) is 0 Å². The number of benzene rings is 3. The summed E-state index contributed by atoms with van der Waals surface area (Å²) in [7, 11) is 1.71. The van der Waals surface area contributed by atoms with E-state index in [1.54, 1.807) is 59.4 Å². The molecule has 12 rings (SSSR count). The van der Waals surface area contributed by atoms with Gasteiger partial charge in [-0.1, -0.05) is 24.2 Å². The number of allylic oxidation sites excluding steroid dienone is 1. The molecule has 5 aromatic heterocycles. The first-order valence-electron chi connectivity index (χ1n) is 23.7. The average Bonchev–Trinajstić information content (AvgIpc) is 3.96. The summed E-state index contributed by atoms with van der Waals surface area (Å²) in [6.07, 6.45) is 9.88. The second-order valence-corrected chi connectivity index (χ2v) is 20.3. The van der Waals surface area contributed by atoms with Crippen LogP contribution >= 0.6 is 0 Å². The fourth-order valence-corrected chi connectivity index (χ4v) is 12.0. The maximum absolute atomic E-state index is 16.3. The number of nitrogens with one attached hydrogen (secondary N) is 1. The number of imidazole rings is 1. The van der Waals surface area contributed by atoms with Crippen LogP contribution in [0.4, 0.5) is 8.78 Å². The predicted octanol–water partition coefficient (Wildman–Crippen LogP) is 7.88. The van der Waals surface area contributed by atoms with Crippen molar-refractivity contribution in [1.29, 1.82) is 0 Å². The first-order valence-corrected chi connectivity index (χ1v) is 23.7. The highest BCUT2D eigenvalue weighted by Gasteiger charge is 2.59. The molecule has 0 bridgehead atoms. The van der Waals surface area contributed by atoms with Crippen molar-refractivity contribution in [3.63, 3.8) is 0 Å². The summed E-state index contributed by atoms with van der Waals surface area (Å²) in [5.74, 6) is -2.22. The molecule has 1 saturated carbocycles. The Kier molecular flexibility index (Phi) is 9.55. The van der Waals surface area contributed by atoms with E-state index in [9.17, 15) is 14.4 Å². The standard InChI is InChI=1S/C52H50F2N10O6/c1-26-18-33(19-27(2)43(26)53)64-46(61-16-15-60(50(61)68)39-13-12-38-36(44(39)54)25-55-59(38)7)42-29(4)62(40-22-34(65)9-10-35(40)45(42)57-64)47(66)41-21-32-20-30(31-14-17-69-51(5,6)24-31)8-11-37(32)63(41)52(23-28(52)3)48-56-49(67)70-58-48/h8-13,15-16,18-21,25,28-29,31,35,40H,14,17,22-24H2,1-7H3,(H,56,58,67)/t28-,29-,31-,35?,40?,52-/m0/s1. The molecule has 70 heavy (non-hydrogen) atoms. The third-order valence-corrected chi connectivity index (χ3v) is 15.5. The summed E-state index contributed by atoms with van der Waals surface area (Å²) in [4.78, 5) is 61.8. The van der Waals surface area contributed by atoms with Gasteiger partial charge in [-0.05, 0) is 131 Å². The number of aryl methyl sites for hydroxylation is 3. The number of ether oxygens (including phenoxy) is 1. The molecule has 1 N–H and O–H groups in total. The monoisotopic (exact) mass is 948 g/mol. The number of aromatic amines is 1. The number of carbonyl (C=O) groups excluding carboxylic acids is 2. The van der Waals surface area contributed by atoms with Crippen LogP contribution < -0.4 is 11.4 Å². The lowest BCUT2D eigenvalue weighted by atomic mass is 9.78. The van der Waals surface area contributed by atoms with Gasteiger partial charge in [-0.15, -0.1) is 0 Å². The maximum Gasteiger partial charge on any atom is 0.438 e. The molecule has 2 aliphatic carbocycles. The molecule has 2 fully saturated rings. The van der Waals surface area contributed by atoms with Crippen LogP contribution in [0.25, 0.3) is 39.0 Å². The minimum Gasteiger partial charge on any atom is -0.376 e. The molecule has 0 radical (unpaired) electrons. The molecule has 0 spiro atoms. The smallest absolute Gasteiger partial charge is 0.376 e. The number of hydrogen-bond donors (Lipinski definition) is 1. The van der Waals surface area contributed by atoms with E-state index >= 15 is 13.6 Å². The molecule has 7 heterocycles. The number of hydrogen-bond acceptors (Lipinski definition) is 9. The fraction of sp³-hybridized carbons (Fsp3) is 0.365. The van der Waals surface area contributed by atoms with Crippen molar-refractivity contribution in [2.45, 2.75) is 102 Å². The molecule has 358 valence electrons. The van der Waals surface area contributed by atoms with Crippen molar-refractivity contribution in [2.24, 2.45) is 13.0 Å². The van der Waals surface area contributed by atoms with Crippen LogP contribution in [-0.4, -0.2) is 78.2 Å². The Bertz CT molecular complexity index is 3670. The molecule has 3 aromatic carbocycles. The van der Waals surface area contributed by atoms with Crippen LogP contribution in [0, 0.1) is 31.4 Å². The maximum atomic E-state index is 16.3. The molecule has 16 nitrogen and oxygen atoms in total. The molecular formula is C52H50F2N10O6. The average molecular weight is 949 g/mol. The summed E-state index contributed by atoms with van der Waals surface area (Å²) < 4.78 is 50.5. The van der Waals surface area contributed by atoms with Crippen molar-refractivity contribution in [3.05, 3.63) is 151 Å². The highest BCUT2D eigenvalue weighted by Crippen LogP contribution is 2.56. The lowest BCUT2D eigenvalue weighted by Crippen LogP contribution is -2.51. The quantitative estimate of drug-likeness (QED) is 0.167. The van der Waals surface area contributed by atoms with Gasteiger partial charge in [-0.2, -0.15) is 10.2 Å². The van der Waals surface area contributed by atoms with E-state index in [0.717, 1.165) is 29.3 Å². The Morgan fingerprint density at radius 3 is 2.39 bits per heavy atom. The summed E-state index contributed by atoms with van der Waals surface area (Å²) >= 11 is 0. The van der Waals surface area contributed by atoms with Gasteiger partial charge < -0.3 is 14.2 Å². The molecule has 2 aliphatic heterocycles. The molecule has 1 amide bonds. The second-order valence-electron chi connectivity index (χ2n) is 20.3. The van der Waals surface area contributed by atoms with Gasteiger partial charge in [-0.25, -0.2) is 23.1 Å². The van der Waals surface area contributed by atoms with Crippen LogP contribution in [0.5, 0.6) is 0 Å². The lowest BCUT2D eigenvalue weighted by molar-refractivity contribution is -0.116. The molecular weight excluding hydrogens is 899 g/mol. The molecule has 8 aromatic rings. The zero-order valence-electron chi connectivity index (χ0n) is 39.7. The number of carbonyl (C=O) groups is 2. The normalized spacial score (nSPS) is 23.9. The highest BCUT2D eigenvalue weighted by atomic mass is 19.1. The summed E-state index contributed by atoms with van der Waals surface area (Å²) in [6.45, 7) is 12.0. The minimum absolute atomic E-state index is 0.00417. The molecule has 4 aliphatic rings. The molecule has 2 unspecified atom stereocenters. The van der Waals surface area contributed by atoms with Crippen molar-refractivity contribution in [3.8, 4) is 17.2 Å². The fourth-order valence-electron chi connectivity index (χ4n) is 12.0. The van der Waals surface area contributed by atoms with E-state index in [1.807, 2.05) is 30.5 Å². The lowest BCUT2D eigenvalue weighted by Gasteiger charge is -2.45. The predicted molar refractivity (Wildman–Crippen MR) is 254 cm³/mol. The Hall–Kier alpha value is -7.47. The Labute approximate surface area is 398 Å². The molecule has 6 atom stereocenters. The van der Waals surface area contributed by atoms with Gasteiger partial charge in [0.05, 0.1) is 51.9 Å². The van der Waals surface area contributed by atoms with E-state index in [2.05, 4.69) is 41.2 Å². The van der Waals surface area contributed by atoms with Crippen molar-refractivity contribution in [1.82, 2.24) is 48.3 Å². The van der Waals surface area contributed by atoms with Gasteiger partial charge in [0, 0.05) is 54.9 Å². The number of nitrogens with zero attached hydrogens (tertiary/aromatic N) is 9. The topological polar surface area (TPSA) is 173 Å². The van der Waals surface area contributed by atoms with Gasteiger partial charge >= 0.3 is 11.4 Å². The van der Waals surface area contributed by atoms with Gasteiger partial charge in [0.15, 0.2) is 17.4 Å². The number of H-pyrrole nitrogens is 1. The van der Waals surface area contributed by atoms with Crippen LogP contribution in [0.3, 0.4) is 0 Å². The van der Waals surface area contributed by atoms with Crippen molar-refractivity contribution < 1.29 is 27.6 Å². The van der Waals surface area contributed by atoms with Gasteiger partial charge in [-0.3, -0.25) is 32.9 Å². The zero-order valence-corrected chi connectivity index (χ0v) is 39.7. The third kappa shape index (κ3) is 6.37. The van der Waals surface area contributed by atoms with Crippen LogP contribution in [0.1, 0.15) is 116 Å². The van der Waals surface area contributed by atoms with Crippen molar-refractivity contribution >= 4 is 33.5 Å². The first kappa shape index (κ1) is 43.8. The number of ketones is 1. The van der Waals surface area contributed by atoms with E-state index in [0.29, 0.717) is 58.1 Å². The number of amides is 1. The minimum atomic E-state index is -0.953. The van der Waals surface area contributed by atoms with Crippen LogP contribution in [0.2, 0.25) is 0 Å². The molecule has 1 saturated heterocycles. The first-order chi connectivity index (χ1) is 33.5. The Morgan fingerprint density at radius 1 is 0.929 bits per heavy atom. The largest absolute Gasteiger partial charge is 0.438 e. The Morgan fingerprint density at radius 2 is 1.67 bits per heavy atom. The highest BCUT2D eigenvalue weighted by molar-refractivity contribution is 6.01. The van der Waals surface area contributed by atoms with Gasteiger partial charge in [0.1, 0.15) is 22.9 Å². The van der Waals surface area contributed by atoms with Crippen LogP contribution in [-0.2, 0) is 22.1 Å². The number of fused-ring (bicyclic) bond motifs is 5. The Balaban J connectivity index is 1.07. The van der Waals surface area contributed by atoms with Gasteiger partial charge in [0.25, 0.3) is 5.91 Å². The molecule has 18 heteroatoms. The van der Waals surface area contributed by atoms with E-state index in [1.165, 1.54) is 39.9 Å². The number of aromatic nitrogens is 9. The zero-order chi connectivity index (χ0) is 48.9. The SMILES string of the molecule is Cc1cc(-n2nc3c(c2-n2ccn(-c4ccc5c(cnn5C)c4F)c2=O)[C@H](C)N(C(=O)c2cc4cc([C@H]5CCOC(C)(C)C5)ccc4n2[C@@]2(c4noc(=O)[nH]4)C[C@@H]2C)C2CC(=O)C=CC32)cc(C)c1F. The van der Waals surface area contributed by atoms with E-state index < -0.39 is 46.7 Å². The van der Waals surface area contributed by atoms with Crippen LogP contribution in [0.15, 0.2) is 93.4 Å². The summed E-state index contributed by atoms with van der Waals surface area (Å²) in [5.41, 5.74) is 3.06. The number of rotatable bonds is 7. The summed E-state index contributed by atoms with van der Waals surface area (Å²) in [5, 5.41) is 14.7.